The highest BCUT2D eigenvalue weighted by atomic mass is 32.2. The van der Waals surface area contributed by atoms with Gasteiger partial charge in [0, 0.05) is 38.9 Å². The van der Waals surface area contributed by atoms with E-state index < -0.39 is 22.0 Å². The molecular weight excluding hydrogens is 410 g/mol. The number of sulfonamides is 1. The zero-order valence-electron chi connectivity index (χ0n) is 16.8. The van der Waals surface area contributed by atoms with Gasteiger partial charge < -0.3 is 9.47 Å². The fourth-order valence-electron chi connectivity index (χ4n) is 3.25. The van der Waals surface area contributed by atoms with Crippen LogP contribution in [0.3, 0.4) is 0 Å². The first-order valence-electron chi connectivity index (χ1n) is 9.30. The van der Waals surface area contributed by atoms with E-state index in [-0.39, 0.29) is 29.1 Å². The summed E-state index contributed by atoms with van der Waals surface area (Å²) in [5.41, 5.74) is 0.825. The van der Waals surface area contributed by atoms with Gasteiger partial charge >= 0.3 is 11.9 Å². The zero-order chi connectivity index (χ0) is 21.7. The van der Waals surface area contributed by atoms with Crippen LogP contribution in [0.2, 0.25) is 0 Å². The van der Waals surface area contributed by atoms with Gasteiger partial charge in [0.1, 0.15) is 0 Å². The third-order valence-electron chi connectivity index (χ3n) is 4.87. The number of esters is 2. The number of ether oxygens (including phenoxy) is 2. The monoisotopic (exact) mass is 433 g/mol. The topological polar surface area (TPSA) is 106 Å². The molecule has 0 radical (unpaired) electrons. The van der Waals surface area contributed by atoms with Crippen molar-refractivity contribution < 1.29 is 27.5 Å². The van der Waals surface area contributed by atoms with E-state index in [9.17, 15) is 18.0 Å². The number of hydrogen-bond donors (Lipinski definition) is 0. The van der Waals surface area contributed by atoms with Crippen LogP contribution >= 0.6 is 0 Å². The molecule has 0 unspecified atom stereocenters. The van der Waals surface area contributed by atoms with Crippen molar-refractivity contribution in [2.75, 3.05) is 40.4 Å². The molecule has 0 N–H and O–H groups in total. The Morgan fingerprint density at radius 2 is 1.70 bits per heavy atom. The Hall–Kier alpha value is -2.82. The molecule has 1 aromatic heterocycles. The lowest BCUT2D eigenvalue weighted by molar-refractivity contribution is 0.0583. The number of carbonyl (C=O) groups is 2. The first kappa shape index (κ1) is 21.9. The van der Waals surface area contributed by atoms with E-state index in [0.29, 0.717) is 19.6 Å². The normalized spacial score (nSPS) is 15.5. The maximum atomic E-state index is 13.3. The molecule has 10 heteroatoms. The van der Waals surface area contributed by atoms with Crippen molar-refractivity contribution in [2.45, 2.75) is 11.4 Å². The summed E-state index contributed by atoms with van der Waals surface area (Å²) in [6.07, 6.45) is 1.72. The minimum Gasteiger partial charge on any atom is -0.465 e. The smallest absolute Gasteiger partial charge is 0.339 e. The summed E-state index contributed by atoms with van der Waals surface area (Å²) in [6.45, 7) is 2.15. The van der Waals surface area contributed by atoms with Gasteiger partial charge in [-0.2, -0.15) is 4.31 Å². The lowest BCUT2D eigenvalue weighted by atomic mass is 10.1. The largest absolute Gasteiger partial charge is 0.465 e. The quantitative estimate of drug-likeness (QED) is 0.625. The predicted molar refractivity (Wildman–Crippen MR) is 107 cm³/mol. The summed E-state index contributed by atoms with van der Waals surface area (Å²) < 4.78 is 37.3. The molecule has 0 bridgehead atoms. The summed E-state index contributed by atoms with van der Waals surface area (Å²) >= 11 is 0. The average Bonchev–Trinajstić information content (AvgIpc) is 2.78. The summed E-state index contributed by atoms with van der Waals surface area (Å²) in [4.78, 5) is 30.1. The molecule has 1 aromatic carbocycles. The van der Waals surface area contributed by atoms with Gasteiger partial charge in [0.05, 0.1) is 35.9 Å². The summed E-state index contributed by atoms with van der Waals surface area (Å²) in [5.74, 6) is -1.48. The molecule has 0 atom stereocenters. The highest BCUT2D eigenvalue weighted by Gasteiger charge is 2.33. The van der Waals surface area contributed by atoms with Crippen molar-refractivity contribution >= 4 is 22.0 Å². The van der Waals surface area contributed by atoms with Crippen LogP contribution in [0.4, 0.5) is 0 Å². The number of carbonyl (C=O) groups excluding carboxylic acids is 2. The van der Waals surface area contributed by atoms with Crippen LogP contribution in [0.15, 0.2) is 47.5 Å². The number of benzene rings is 1. The van der Waals surface area contributed by atoms with Crippen LogP contribution in [0.25, 0.3) is 0 Å². The third kappa shape index (κ3) is 4.66. The molecule has 9 nitrogen and oxygen atoms in total. The molecule has 2 aromatic rings. The fourth-order valence-corrected chi connectivity index (χ4v) is 4.87. The van der Waals surface area contributed by atoms with Crippen LogP contribution in [0.1, 0.15) is 26.4 Å². The molecule has 0 spiro atoms. The van der Waals surface area contributed by atoms with Gasteiger partial charge in [-0.05, 0) is 30.3 Å². The van der Waals surface area contributed by atoms with Crippen molar-refractivity contribution in [2.24, 2.45) is 0 Å². The van der Waals surface area contributed by atoms with Gasteiger partial charge in [-0.3, -0.25) is 9.88 Å². The Morgan fingerprint density at radius 1 is 1.00 bits per heavy atom. The number of hydrogen-bond acceptors (Lipinski definition) is 8. The van der Waals surface area contributed by atoms with Crippen LogP contribution in [-0.4, -0.2) is 74.9 Å². The van der Waals surface area contributed by atoms with E-state index in [1.54, 1.807) is 6.20 Å². The molecule has 3 rings (SSSR count). The number of piperazine rings is 1. The Labute approximate surface area is 175 Å². The van der Waals surface area contributed by atoms with Crippen molar-refractivity contribution in [1.82, 2.24) is 14.2 Å². The Kier molecular flexibility index (Phi) is 6.80. The molecule has 0 saturated carbocycles. The average molecular weight is 433 g/mol. The summed E-state index contributed by atoms with van der Waals surface area (Å²) in [6, 6.07) is 9.43. The van der Waals surface area contributed by atoms with Gasteiger partial charge in [-0.25, -0.2) is 18.0 Å². The van der Waals surface area contributed by atoms with E-state index in [0.717, 1.165) is 11.8 Å². The van der Waals surface area contributed by atoms with E-state index in [4.69, 9.17) is 4.74 Å². The molecule has 30 heavy (non-hydrogen) atoms. The first-order chi connectivity index (χ1) is 14.4. The fraction of sp³-hybridized carbons (Fsp3) is 0.350. The maximum Gasteiger partial charge on any atom is 0.339 e. The van der Waals surface area contributed by atoms with E-state index in [2.05, 4.69) is 14.6 Å². The predicted octanol–water partition coefficient (Wildman–Crippen LogP) is 1.16. The molecule has 1 aliphatic heterocycles. The van der Waals surface area contributed by atoms with Crippen LogP contribution in [-0.2, 0) is 26.0 Å². The molecule has 1 aliphatic rings. The second-order valence-corrected chi connectivity index (χ2v) is 8.60. The molecular formula is C20H23N3O6S. The zero-order valence-corrected chi connectivity index (χ0v) is 17.6. The second-order valence-electron chi connectivity index (χ2n) is 6.70. The minimum absolute atomic E-state index is 0.0394. The second kappa shape index (κ2) is 9.33. The SMILES string of the molecule is COC(=O)c1ccc(C(=O)OC)c(S(=O)(=O)N2CCN(Cc3ccccn3)CC2)c1. The Morgan fingerprint density at radius 3 is 2.30 bits per heavy atom. The first-order valence-corrected chi connectivity index (χ1v) is 10.7. The molecule has 0 amide bonds. The lowest BCUT2D eigenvalue weighted by Crippen LogP contribution is -2.48. The van der Waals surface area contributed by atoms with Gasteiger partial charge in [-0.1, -0.05) is 6.07 Å². The minimum atomic E-state index is -4.03. The molecule has 1 saturated heterocycles. The van der Waals surface area contributed by atoms with Crippen molar-refractivity contribution in [3.63, 3.8) is 0 Å². The standard InChI is InChI=1S/C20H23N3O6S/c1-28-19(24)15-6-7-17(20(25)29-2)18(13-15)30(26,27)23-11-9-22(10-12-23)14-16-5-3-4-8-21-16/h3-8,13H,9-12,14H2,1-2H3. The van der Waals surface area contributed by atoms with Crippen molar-refractivity contribution in [1.29, 1.82) is 0 Å². The third-order valence-corrected chi connectivity index (χ3v) is 6.81. The number of pyridine rings is 1. The molecule has 1 fully saturated rings. The maximum absolute atomic E-state index is 13.3. The van der Waals surface area contributed by atoms with Crippen LogP contribution < -0.4 is 0 Å². The van der Waals surface area contributed by atoms with Crippen LogP contribution in [0, 0.1) is 0 Å². The highest BCUT2D eigenvalue weighted by Crippen LogP contribution is 2.24. The lowest BCUT2D eigenvalue weighted by Gasteiger charge is -2.34. The van der Waals surface area contributed by atoms with Crippen LogP contribution in [0.5, 0.6) is 0 Å². The number of methoxy groups -OCH3 is 2. The van der Waals surface area contributed by atoms with Gasteiger partial charge in [0.15, 0.2) is 0 Å². The van der Waals surface area contributed by atoms with Gasteiger partial charge in [0.25, 0.3) is 0 Å². The van der Waals surface area contributed by atoms with Gasteiger partial charge in [0.2, 0.25) is 10.0 Å². The van der Waals surface area contributed by atoms with E-state index in [1.165, 1.54) is 30.7 Å². The number of aromatic nitrogens is 1. The molecule has 160 valence electrons. The number of nitrogens with zero attached hydrogens (tertiary/aromatic N) is 3. The Bertz CT molecular complexity index is 1020. The van der Waals surface area contributed by atoms with E-state index >= 15 is 0 Å². The Balaban J connectivity index is 1.82. The van der Waals surface area contributed by atoms with E-state index in [1.807, 2.05) is 18.2 Å². The summed E-state index contributed by atoms with van der Waals surface area (Å²) in [7, 11) is -1.66. The number of rotatable bonds is 6. The molecule has 0 aliphatic carbocycles. The summed E-state index contributed by atoms with van der Waals surface area (Å²) in [5, 5.41) is 0. The molecule has 2 heterocycles. The highest BCUT2D eigenvalue weighted by molar-refractivity contribution is 7.89. The van der Waals surface area contributed by atoms with Gasteiger partial charge in [-0.15, -0.1) is 0 Å². The van der Waals surface area contributed by atoms with Crippen molar-refractivity contribution in [3.8, 4) is 0 Å². The van der Waals surface area contributed by atoms with Crippen molar-refractivity contribution in [3.05, 3.63) is 59.4 Å².